The fourth-order valence-electron chi connectivity index (χ4n) is 2.57. The van der Waals surface area contributed by atoms with Crippen LogP contribution in [0.2, 0.25) is 0 Å². The van der Waals surface area contributed by atoms with E-state index in [2.05, 4.69) is 0 Å². The van der Waals surface area contributed by atoms with E-state index >= 15 is 0 Å². The van der Waals surface area contributed by atoms with Gasteiger partial charge in [-0.05, 0) is 24.6 Å². The normalized spacial score (nSPS) is 12.5. The van der Waals surface area contributed by atoms with Crippen LogP contribution < -0.4 is 14.3 Å². The number of nitrogens with zero attached hydrogens (tertiary/aromatic N) is 2. The molecule has 2 aromatic rings. The molecule has 144 valence electrons. The van der Waals surface area contributed by atoms with Gasteiger partial charge in [-0.1, -0.05) is 17.4 Å². The molecule has 3 rings (SSSR count). The van der Waals surface area contributed by atoms with Gasteiger partial charge in [0, 0.05) is 24.7 Å². The van der Waals surface area contributed by atoms with Crippen LogP contribution in [0.25, 0.3) is 0 Å². The lowest BCUT2D eigenvalue weighted by Gasteiger charge is -2.21. The van der Waals surface area contributed by atoms with Gasteiger partial charge in [-0.25, -0.2) is 0 Å². The van der Waals surface area contributed by atoms with Gasteiger partial charge in [-0.15, -0.1) is 0 Å². The van der Waals surface area contributed by atoms with Crippen molar-refractivity contribution < 1.29 is 23.8 Å². The van der Waals surface area contributed by atoms with Gasteiger partial charge in [-0.3, -0.25) is 19.0 Å². The van der Waals surface area contributed by atoms with Gasteiger partial charge in [0.2, 0.25) is 0 Å². The molecule has 9 heteroatoms. The van der Waals surface area contributed by atoms with Crippen molar-refractivity contribution in [3.05, 3.63) is 44.5 Å². The van der Waals surface area contributed by atoms with Crippen molar-refractivity contribution in [2.24, 2.45) is 0 Å². The second kappa shape index (κ2) is 8.26. The number of amides is 1. The molecule has 1 aliphatic heterocycles. The van der Waals surface area contributed by atoms with E-state index in [1.165, 1.54) is 9.47 Å². The highest BCUT2D eigenvalue weighted by molar-refractivity contribution is 7.07. The van der Waals surface area contributed by atoms with Crippen molar-refractivity contribution >= 4 is 23.2 Å². The lowest BCUT2D eigenvalue weighted by Crippen LogP contribution is -2.32. The van der Waals surface area contributed by atoms with Crippen molar-refractivity contribution in [2.75, 3.05) is 26.9 Å². The second-order valence-corrected chi connectivity index (χ2v) is 6.94. The Kier molecular flexibility index (Phi) is 5.80. The highest BCUT2D eigenvalue weighted by atomic mass is 32.1. The van der Waals surface area contributed by atoms with E-state index in [1.54, 1.807) is 19.4 Å². The number of likely N-dealkylation sites (N-methyl/N-ethyl adjacent to an activating group) is 1. The molecule has 0 unspecified atom stereocenters. The maximum absolute atomic E-state index is 12.2. The minimum absolute atomic E-state index is 0.201. The summed E-state index contributed by atoms with van der Waals surface area (Å²) in [5, 5.41) is 1.67. The summed E-state index contributed by atoms with van der Waals surface area (Å²) in [5.41, 5.74) is 1.56. The third kappa shape index (κ3) is 4.68. The highest BCUT2D eigenvalue weighted by Gasteiger charge is 2.16. The summed E-state index contributed by atoms with van der Waals surface area (Å²) in [6, 6.07) is 5.49. The molecular formula is C18H20N2O6S. The van der Waals surface area contributed by atoms with Gasteiger partial charge in [0.25, 0.3) is 5.91 Å². The summed E-state index contributed by atoms with van der Waals surface area (Å²) in [7, 11) is 1.63. The van der Waals surface area contributed by atoms with Crippen LogP contribution in [-0.4, -0.2) is 48.2 Å². The molecule has 27 heavy (non-hydrogen) atoms. The molecule has 1 aromatic heterocycles. The first-order valence-corrected chi connectivity index (χ1v) is 9.25. The minimum atomic E-state index is -0.625. The van der Waals surface area contributed by atoms with Gasteiger partial charge in [0.15, 0.2) is 18.1 Å². The number of rotatable bonds is 6. The molecule has 8 nitrogen and oxygen atoms in total. The predicted octanol–water partition coefficient (Wildman–Crippen LogP) is 1.19. The average Bonchev–Trinajstić information content (AvgIpc) is 2.98. The first kappa shape index (κ1) is 19.0. The van der Waals surface area contributed by atoms with Crippen LogP contribution in [0, 0.1) is 6.92 Å². The molecule has 0 aliphatic carbocycles. The van der Waals surface area contributed by atoms with Gasteiger partial charge >= 0.3 is 10.8 Å². The first-order chi connectivity index (χ1) is 12.9. The zero-order valence-electron chi connectivity index (χ0n) is 15.1. The number of hydrogen-bond acceptors (Lipinski definition) is 7. The summed E-state index contributed by atoms with van der Waals surface area (Å²) in [6.45, 7) is 2.51. The van der Waals surface area contributed by atoms with E-state index < -0.39 is 5.97 Å². The van der Waals surface area contributed by atoms with E-state index in [1.807, 2.05) is 18.2 Å². The lowest BCUT2D eigenvalue weighted by molar-refractivity contribution is -0.152. The number of carbonyl (C=O) groups is 2. The van der Waals surface area contributed by atoms with Gasteiger partial charge in [0.1, 0.15) is 19.8 Å². The summed E-state index contributed by atoms with van der Waals surface area (Å²) in [6.07, 6.45) is 0. The number of aryl methyl sites for hydroxylation is 1. The Hall–Kier alpha value is -2.81. The van der Waals surface area contributed by atoms with Crippen molar-refractivity contribution in [3.63, 3.8) is 0 Å². The second-order valence-electron chi connectivity index (χ2n) is 6.12. The Morgan fingerprint density at radius 2 is 2.00 bits per heavy atom. The molecule has 0 spiro atoms. The first-order valence-electron chi connectivity index (χ1n) is 8.37. The van der Waals surface area contributed by atoms with Crippen molar-refractivity contribution in [3.8, 4) is 11.5 Å². The van der Waals surface area contributed by atoms with Gasteiger partial charge in [0.05, 0.1) is 0 Å². The third-order valence-electron chi connectivity index (χ3n) is 4.07. The van der Waals surface area contributed by atoms with Crippen LogP contribution in [0.4, 0.5) is 0 Å². The Morgan fingerprint density at radius 3 is 2.70 bits per heavy atom. The van der Waals surface area contributed by atoms with Crippen LogP contribution in [0.5, 0.6) is 11.5 Å². The highest BCUT2D eigenvalue weighted by Crippen LogP contribution is 2.31. The van der Waals surface area contributed by atoms with E-state index in [0.717, 1.165) is 16.9 Å². The molecule has 2 heterocycles. The fourth-order valence-corrected chi connectivity index (χ4v) is 3.31. The Morgan fingerprint density at radius 1 is 1.26 bits per heavy atom. The quantitative estimate of drug-likeness (QED) is 0.687. The number of esters is 1. The number of benzene rings is 1. The van der Waals surface area contributed by atoms with E-state index in [9.17, 15) is 14.4 Å². The van der Waals surface area contributed by atoms with Crippen LogP contribution in [-0.2, 0) is 27.4 Å². The Balaban J connectivity index is 1.50. The van der Waals surface area contributed by atoms with Crippen molar-refractivity contribution in [1.29, 1.82) is 0 Å². The summed E-state index contributed by atoms with van der Waals surface area (Å²) < 4.78 is 17.3. The molecule has 0 N–H and O–H groups in total. The minimum Gasteiger partial charge on any atom is -0.486 e. The molecule has 0 fully saturated rings. The number of fused-ring (bicyclic) bond motifs is 1. The molecule has 0 saturated heterocycles. The van der Waals surface area contributed by atoms with E-state index in [-0.39, 0.29) is 23.9 Å². The molecule has 1 aliphatic rings. The smallest absolute Gasteiger partial charge is 0.326 e. The van der Waals surface area contributed by atoms with E-state index in [0.29, 0.717) is 37.0 Å². The predicted molar refractivity (Wildman–Crippen MR) is 98.2 cm³/mol. The zero-order chi connectivity index (χ0) is 19.4. The van der Waals surface area contributed by atoms with Crippen LogP contribution in [0.3, 0.4) is 0 Å². The number of hydrogen-bond donors (Lipinski definition) is 0. The maximum Gasteiger partial charge on any atom is 0.326 e. The largest absolute Gasteiger partial charge is 0.486 e. The average molecular weight is 392 g/mol. The lowest BCUT2D eigenvalue weighted by atomic mass is 10.2. The van der Waals surface area contributed by atoms with Crippen LogP contribution in [0.15, 0.2) is 28.4 Å². The number of carbonyl (C=O) groups excluding carboxylic acids is 2. The van der Waals surface area contributed by atoms with Gasteiger partial charge < -0.3 is 19.1 Å². The summed E-state index contributed by atoms with van der Waals surface area (Å²) in [5.74, 6) is 0.377. The topological polar surface area (TPSA) is 87.1 Å². The SMILES string of the molecule is Cc1csc(=O)n1CC(=O)OCC(=O)N(C)Cc1ccc2c(c1)OCCO2. The molecule has 0 atom stereocenters. The maximum atomic E-state index is 12.2. The molecule has 1 amide bonds. The standard InChI is InChI=1S/C18H20N2O6S/c1-12-11-27-18(23)20(12)9-17(22)26-10-16(21)19(2)8-13-3-4-14-15(7-13)25-6-5-24-14/h3-4,7,11H,5-6,8-10H2,1-2H3. The van der Waals surface area contributed by atoms with Crippen molar-refractivity contribution in [2.45, 2.75) is 20.0 Å². The fraction of sp³-hybridized carbons (Fsp3) is 0.389. The third-order valence-corrected chi connectivity index (χ3v) is 4.95. The number of ether oxygens (including phenoxy) is 3. The molecular weight excluding hydrogens is 372 g/mol. The van der Waals surface area contributed by atoms with Gasteiger partial charge in [-0.2, -0.15) is 0 Å². The Bertz CT molecular complexity index is 903. The molecule has 0 radical (unpaired) electrons. The van der Waals surface area contributed by atoms with Crippen LogP contribution in [0.1, 0.15) is 11.3 Å². The molecule has 0 bridgehead atoms. The molecule has 1 aromatic carbocycles. The van der Waals surface area contributed by atoms with Crippen LogP contribution >= 0.6 is 11.3 Å². The summed E-state index contributed by atoms with van der Waals surface area (Å²) >= 11 is 1.02. The van der Waals surface area contributed by atoms with Crippen molar-refractivity contribution in [1.82, 2.24) is 9.47 Å². The summed E-state index contributed by atoms with van der Waals surface area (Å²) in [4.78, 5) is 36.9. The van der Waals surface area contributed by atoms with E-state index in [4.69, 9.17) is 14.2 Å². The Labute approximate surface area is 159 Å². The zero-order valence-corrected chi connectivity index (χ0v) is 15.9. The monoisotopic (exact) mass is 392 g/mol. The number of thiazole rings is 1. The molecule has 0 saturated carbocycles. The number of aromatic nitrogens is 1.